The number of ether oxygens (including phenoxy) is 3. The number of hydrogen-bond acceptors (Lipinski definition) is 5. The Balaban J connectivity index is 3.11. The Bertz CT molecular complexity index is 253. The van der Waals surface area contributed by atoms with Crippen molar-refractivity contribution in [2.75, 3.05) is 59.8 Å². The molecule has 2 N–H and O–H groups in total. The zero-order valence-corrected chi connectivity index (χ0v) is 15.0. The van der Waals surface area contributed by atoms with Crippen molar-refractivity contribution in [1.82, 2.24) is 10.6 Å². The first-order valence-corrected chi connectivity index (χ1v) is 8.95. The number of rotatable bonds is 18. The molecule has 0 radical (unpaired) electrons. The molecule has 0 rings (SSSR count). The van der Waals surface area contributed by atoms with Crippen molar-refractivity contribution in [1.29, 1.82) is 0 Å². The number of likely N-dealkylation sites (N-methyl/N-ethyl adjacent to an activating group) is 1. The Morgan fingerprint density at radius 2 is 1.39 bits per heavy atom. The lowest BCUT2D eigenvalue weighted by Crippen LogP contribution is -2.25. The minimum Gasteiger partial charge on any atom is -0.379 e. The Morgan fingerprint density at radius 3 is 2.04 bits per heavy atom. The molecule has 6 heteroatoms. The zero-order valence-electron chi connectivity index (χ0n) is 15.0. The van der Waals surface area contributed by atoms with E-state index in [1.54, 1.807) is 0 Å². The maximum Gasteiger partial charge on any atom is 0.222 e. The van der Waals surface area contributed by atoms with E-state index in [2.05, 4.69) is 17.6 Å². The summed E-state index contributed by atoms with van der Waals surface area (Å²) in [6.45, 7) is 7.20. The molecule has 0 aliphatic carbocycles. The monoisotopic (exact) mass is 332 g/mol. The summed E-state index contributed by atoms with van der Waals surface area (Å²) in [4.78, 5) is 11.5. The summed E-state index contributed by atoms with van der Waals surface area (Å²) in [7, 11) is 1.89. The van der Waals surface area contributed by atoms with Gasteiger partial charge in [-0.15, -0.1) is 0 Å². The van der Waals surface area contributed by atoms with Gasteiger partial charge in [-0.3, -0.25) is 4.79 Å². The van der Waals surface area contributed by atoms with Crippen molar-refractivity contribution in [3.05, 3.63) is 0 Å². The van der Waals surface area contributed by atoms with E-state index in [1.165, 1.54) is 25.7 Å². The van der Waals surface area contributed by atoms with Crippen LogP contribution in [0.1, 0.15) is 45.4 Å². The van der Waals surface area contributed by atoms with Gasteiger partial charge in [-0.05, 0) is 13.5 Å². The Labute approximate surface area is 141 Å². The van der Waals surface area contributed by atoms with Crippen molar-refractivity contribution in [3.63, 3.8) is 0 Å². The van der Waals surface area contributed by atoms with E-state index in [9.17, 15) is 4.79 Å². The third-order valence-electron chi connectivity index (χ3n) is 3.32. The maximum atomic E-state index is 11.5. The van der Waals surface area contributed by atoms with E-state index in [4.69, 9.17) is 14.2 Å². The molecule has 0 atom stereocenters. The molecule has 0 aliphatic heterocycles. The molecule has 0 bridgehead atoms. The van der Waals surface area contributed by atoms with E-state index >= 15 is 0 Å². The maximum absolute atomic E-state index is 11.5. The Morgan fingerprint density at radius 1 is 0.783 bits per heavy atom. The van der Waals surface area contributed by atoms with Crippen molar-refractivity contribution < 1.29 is 19.0 Å². The van der Waals surface area contributed by atoms with Gasteiger partial charge in [0.15, 0.2) is 0 Å². The predicted molar refractivity (Wildman–Crippen MR) is 92.8 cm³/mol. The van der Waals surface area contributed by atoms with Crippen LogP contribution in [0.4, 0.5) is 0 Å². The van der Waals surface area contributed by atoms with Crippen LogP contribution in [0.15, 0.2) is 0 Å². The van der Waals surface area contributed by atoms with Gasteiger partial charge in [0.05, 0.1) is 39.6 Å². The second-order valence-electron chi connectivity index (χ2n) is 5.45. The van der Waals surface area contributed by atoms with Crippen molar-refractivity contribution in [3.8, 4) is 0 Å². The van der Waals surface area contributed by atoms with Crippen molar-refractivity contribution >= 4 is 5.91 Å². The summed E-state index contributed by atoms with van der Waals surface area (Å²) < 4.78 is 16.1. The van der Waals surface area contributed by atoms with Crippen LogP contribution >= 0.6 is 0 Å². The molecule has 0 spiro atoms. The van der Waals surface area contributed by atoms with Crippen LogP contribution in [0.3, 0.4) is 0 Å². The normalized spacial score (nSPS) is 10.9. The summed E-state index contributed by atoms with van der Waals surface area (Å²) in [6.07, 6.45) is 6.47. The van der Waals surface area contributed by atoms with E-state index in [1.807, 2.05) is 7.05 Å². The molecule has 6 nitrogen and oxygen atoms in total. The first-order valence-electron chi connectivity index (χ1n) is 8.95. The number of amides is 1. The Hall–Kier alpha value is -0.690. The molecule has 0 saturated carbocycles. The second kappa shape index (κ2) is 19.4. The smallest absolute Gasteiger partial charge is 0.222 e. The number of carbonyl (C=O) groups excluding carboxylic acids is 1. The molecular weight excluding hydrogens is 296 g/mol. The lowest BCUT2D eigenvalue weighted by molar-refractivity contribution is -0.122. The fraction of sp³-hybridized carbons (Fsp3) is 0.941. The van der Waals surface area contributed by atoms with Gasteiger partial charge >= 0.3 is 0 Å². The van der Waals surface area contributed by atoms with Gasteiger partial charge < -0.3 is 24.8 Å². The second-order valence-corrected chi connectivity index (χ2v) is 5.45. The van der Waals surface area contributed by atoms with Crippen LogP contribution in [0.5, 0.6) is 0 Å². The lowest BCUT2D eigenvalue weighted by atomic mass is 10.1. The van der Waals surface area contributed by atoms with Crippen LogP contribution < -0.4 is 10.6 Å². The highest BCUT2D eigenvalue weighted by molar-refractivity contribution is 5.75. The molecule has 0 heterocycles. The number of carbonyl (C=O) groups is 1. The van der Waals surface area contributed by atoms with Crippen molar-refractivity contribution in [2.45, 2.75) is 45.4 Å². The van der Waals surface area contributed by atoms with E-state index in [-0.39, 0.29) is 5.91 Å². The predicted octanol–water partition coefficient (Wildman–Crippen LogP) is 1.73. The third kappa shape index (κ3) is 19.3. The highest BCUT2D eigenvalue weighted by atomic mass is 16.5. The van der Waals surface area contributed by atoms with Gasteiger partial charge in [-0.1, -0.05) is 32.6 Å². The molecule has 138 valence electrons. The lowest BCUT2D eigenvalue weighted by Gasteiger charge is -2.07. The minimum absolute atomic E-state index is 0.0688. The summed E-state index contributed by atoms with van der Waals surface area (Å²) >= 11 is 0. The molecule has 0 aromatic rings. The average molecular weight is 332 g/mol. The van der Waals surface area contributed by atoms with Crippen LogP contribution in [-0.4, -0.2) is 65.7 Å². The van der Waals surface area contributed by atoms with Crippen LogP contribution in [-0.2, 0) is 19.0 Å². The van der Waals surface area contributed by atoms with Crippen LogP contribution in [0, 0.1) is 0 Å². The van der Waals surface area contributed by atoms with Gasteiger partial charge in [-0.2, -0.15) is 0 Å². The SMILES string of the molecule is CCCCCCCNC(=O)CCOCCOCCOCCNC. The quantitative estimate of drug-likeness (QED) is 0.374. The summed E-state index contributed by atoms with van der Waals surface area (Å²) in [6, 6.07) is 0. The van der Waals surface area contributed by atoms with Gasteiger partial charge in [0.25, 0.3) is 0 Å². The van der Waals surface area contributed by atoms with Crippen LogP contribution in [0.2, 0.25) is 0 Å². The van der Waals surface area contributed by atoms with E-state index < -0.39 is 0 Å². The summed E-state index contributed by atoms with van der Waals surface area (Å²) in [5.74, 6) is 0.0688. The highest BCUT2D eigenvalue weighted by Crippen LogP contribution is 2.01. The average Bonchev–Trinajstić information content (AvgIpc) is 2.56. The van der Waals surface area contributed by atoms with Gasteiger partial charge in [0.1, 0.15) is 0 Å². The number of nitrogens with one attached hydrogen (secondary N) is 2. The molecule has 0 aromatic carbocycles. The first kappa shape index (κ1) is 22.3. The van der Waals surface area contributed by atoms with Gasteiger partial charge in [0, 0.05) is 19.5 Å². The van der Waals surface area contributed by atoms with Crippen LogP contribution in [0.25, 0.3) is 0 Å². The van der Waals surface area contributed by atoms with Crippen molar-refractivity contribution in [2.24, 2.45) is 0 Å². The zero-order chi connectivity index (χ0) is 17.0. The summed E-state index contributed by atoms with van der Waals surface area (Å²) in [5.41, 5.74) is 0. The van der Waals surface area contributed by atoms with E-state index in [0.29, 0.717) is 46.1 Å². The topological polar surface area (TPSA) is 68.8 Å². The molecule has 0 aliphatic rings. The minimum atomic E-state index is 0.0688. The van der Waals surface area contributed by atoms with Gasteiger partial charge in [0.2, 0.25) is 5.91 Å². The fourth-order valence-electron chi connectivity index (χ4n) is 1.93. The number of hydrogen-bond donors (Lipinski definition) is 2. The highest BCUT2D eigenvalue weighted by Gasteiger charge is 2.00. The standard InChI is InChI=1S/C17H36N2O4/c1-3-4-5-6-7-9-19-17(20)8-11-21-13-15-23-16-14-22-12-10-18-2/h18H,3-16H2,1-2H3,(H,19,20). The number of unbranched alkanes of at least 4 members (excludes halogenated alkanes) is 4. The summed E-state index contributed by atoms with van der Waals surface area (Å²) in [5, 5.41) is 5.93. The molecule has 23 heavy (non-hydrogen) atoms. The van der Waals surface area contributed by atoms with Gasteiger partial charge in [-0.25, -0.2) is 0 Å². The largest absolute Gasteiger partial charge is 0.379 e. The third-order valence-corrected chi connectivity index (χ3v) is 3.32. The molecule has 0 aromatic heterocycles. The first-order chi connectivity index (χ1) is 11.3. The van der Waals surface area contributed by atoms with E-state index in [0.717, 1.165) is 19.5 Å². The molecule has 0 fully saturated rings. The Kier molecular flexibility index (Phi) is 18.8. The molecule has 0 unspecified atom stereocenters. The molecule has 0 saturated heterocycles. The molecule has 1 amide bonds. The fourth-order valence-corrected chi connectivity index (χ4v) is 1.93. The molecular formula is C17H36N2O4.